The van der Waals surface area contributed by atoms with Gasteiger partial charge < -0.3 is 10.8 Å². The van der Waals surface area contributed by atoms with E-state index in [1.807, 2.05) is 0 Å². The van der Waals surface area contributed by atoms with E-state index in [-0.39, 0.29) is 23.7 Å². The third-order valence-corrected chi connectivity index (χ3v) is 4.35. The number of nitrogens with one attached hydrogen (secondary N) is 1. The first-order valence-corrected chi connectivity index (χ1v) is 7.64. The number of aliphatic hydroxyl groups excluding tert-OH is 1. The smallest absolute Gasteiger partial charge is 0.240 e. The lowest BCUT2D eigenvalue weighted by Crippen LogP contribution is -2.23. The van der Waals surface area contributed by atoms with Crippen LogP contribution in [0.2, 0.25) is 0 Å². The van der Waals surface area contributed by atoms with Gasteiger partial charge in [0, 0.05) is 6.54 Å². The monoisotopic (exact) mass is 310 g/mol. The molecule has 0 saturated heterocycles. The minimum absolute atomic E-state index is 0.0695. The minimum atomic E-state index is -3.81. The van der Waals surface area contributed by atoms with Crippen molar-refractivity contribution in [3.8, 4) is 0 Å². The number of aliphatic hydroxyl groups is 1. The van der Waals surface area contributed by atoms with E-state index in [1.54, 1.807) is 24.3 Å². The van der Waals surface area contributed by atoms with E-state index in [0.29, 0.717) is 0 Å². The molecule has 0 fully saturated rings. The lowest BCUT2D eigenvalue weighted by Gasteiger charge is -2.08. The number of nitrogen functional groups attached to an aromatic ring is 1. The van der Waals surface area contributed by atoms with Gasteiger partial charge in [0.15, 0.2) is 0 Å². The molecule has 0 bridgehead atoms. The fourth-order valence-corrected chi connectivity index (χ4v) is 2.73. The third-order valence-electron chi connectivity index (χ3n) is 2.95. The van der Waals surface area contributed by atoms with E-state index in [9.17, 15) is 12.8 Å². The van der Waals surface area contributed by atoms with E-state index in [2.05, 4.69) is 4.72 Å². The average molecular weight is 310 g/mol. The molecular formula is C14H15FN2O3S. The highest BCUT2D eigenvalue weighted by Crippen LogP contribution is 2.16. The number of hydrogen-bond donors (Lipinski definition) is 3. The van der Waals surface area contributed by atoms with Gasteiger partial charge in [-0.2, -0.15) is 0 Å². The number of nitrogens with two attached hydrogens (primary N) is 1. The van der Waals surface area contributed by atoms with Crippen molar-refractivity contribution in [2.45, 2.75) is 18.0 Å². The van der Waals surface area contributed by atoms with Crippen LogP contribution in [0.3, 0.4) is 0 Å². The zero-order valence-corrected chi connectivity index (χ0v) is 11.9. The molecule has 0 aliphatic heterocycles. The minimum Gasteiger partial charge on any atom is -0.396 e. The highest BCUT2D eigenvalue weighted by atomic mass is 32.2. The molecule has 5 nitrogen and oxygen atoms in total. The normalized spacial score (nSPS) is 11.5. The molecule has 2 aromatic carbocycles. The SMILES string of the molecule is Nc1ccc(S(=O)(=O)NCc2ccc(CO)cc2)cc1F. The van der Waals surface area contributed by atoms with Crippen LogP contribution in [0, 0.1) is 5.82 Å². The Labute approximate surface area is 122 Å². The molecule has 0 aliphatic carbocycles. The summed E-state index contributed by atoms with van der Waals surface area (Å²) in [7, 11) is -3.81. The molecule has 2 rings (SSSR count). The van der Waals surface area contributed by atoms with Crippen LogP contribution in [0.1, 0.15) is 11.1 Å². The third kappa shape index (κ3) is 3.78. The molecule has 112 valence electrons. The summed E-state index contributed by atoms with van der Waals surface area (Å²) in [4.78, 5) is -0.179. The van der Waals surface area contributed by atoms with Crippen molar-refractivity contribution in [2.24, 2.45) is 0 Å². The standard InChI is InChI=1S/C14H15FN2O3S/c15-13-7-12(5-6-14(13)16)21(19,20)17-8-10-1-3-11(9-18)4-2-10/h1-7,17-18H,8-9,16H2. The van der Waals surface area contributed by atoms with E-state index >= 15 is 0 Å². The first kappa shape index (κ1) is 15.4. The maximum atomic E-state index is 13.3. The molecule has 4 N–H and O–H groups in total. The molecular weight excluding hydrogens is 295 g/mol. The van der Waals surface area contributed by atoms with Crippen LogP contribution in [-0.4, -0.2) is 13.5 Å². The Morgan fingerprint density at radius 1 is 1.10 bits per heavy atom. The van der Waals surface area contributed by atoms with Crippen LogP contribution in [0.5, 0.6) is 0 Å². The molecule has 0 aliphatic rings. The first-order chi connectivity index (χ1) is 9.92. The van der Waals surface area contributed by atoms with Crippen LogP contribution >= 0.6 is 0 Å². The van der Waals surface area contributed by atoms with Gasteiger partial charge in [-0.05, 0) is 29.3 Å². The summed E-state index contributed by atoms with van der Waals surface area (Å²) >= 11 is 0. The predicted octanol–water partition coefficient (Wildman–Crippen LogP) is 1.38. The number of anilines is 1. The van der Waals surface area contributed by atoms with Gasteiger partial charge in [0.25, 0.3) is 0 Å². The second-order valence-electron chi connectivity index (χ2n) is 4.48. The van der Waals surface area contributed by atoms with Crippen molar-refractivity contribution in [1.82, 2.24) is 4.72 Å². The van der Waals surface area contributed by atoms with Crippen LogP contribution in [-0.2, 0) is 23.2 Å². The number of benzene rings is 2. The van der Waals surface area contributed by atoms with Gasteiger partial charge in [0.2, 0.25) is 10.0 Å². The Morgan fingerprint density at radius 3 is 2.29 bits per heavy atom. The lowest BCUT2D eigenvalue weighted by molar-refractivity contribution is 0.282. The lowest BCUT2D eigenvalue weighted by atomic mass is 10.1. The summed E-state index contributed by atoms with van der Waals surface area (Å²) in [5, 5.41) is 8.93. The molecule has 0 spiro atoms. The second kappa shape index (κ2) is 6.21. The number of sulfonamides is 1. The van der Waals surface area contributed by atoms with Gasteiger partial charge in [0.05, 0.1) is 17.2 Å². The van der Waals surface area contributed by atoms with Crippen molar-refractivity contribution in [3.63, 3.8) is 0 Å². The van der Waals surface area contributed by atoms with E-state index in [1.165, 1.54) is 12.1 Å². The molecule has 0 saturated carbocycles. The van der Waals surface area contributed by atoms with Crippen LogP contribution in [0.15, 0.2) is 47.4 Å². The zero-order chi connectivity index (χ0) is 15.5. The highest BCUT2D eigenvalue weighted by Gasteiger charge is 2.15. The number of rotatable bonds is 5. The van der Waals surface area contributed by atoms with E-state index in [0.717, 1.165) is 17.2 Å². The topological polar surface area (TPSA) is 92.4 Å². The van der Waals surface area contributed by atoms with Gasteiger partial charge in [0.1, 0.15) is 5.82 Å². The van der Waals surface area contributed by atoms with E-state index < -0.39 is 15.8 Å². The Kier molecular flexibility index (Phi) is 4.56. The Morgan fingerprint density at radius 2 is 1.71 bits per heavy atom. The molecule has 2 aromatic rings. The summed E-state index contributed by atoms with van der Waals surface area (Å²) in [6.07, 6.45) is 0. The van der Waals surface area contributed by atoms with Crippen molar-refractivity contribution in [3.05, 3.63) is 59.4 Å². The van der Waals surface area contributed by atoms with Gasteiger partial charge in [-0.25, -0.2) is 17.5 Å². The molecule has 0 unspecified atom stereocenters. The number of halogens is 1. The predicted molar refractivity (Wildman–Crippen MR) is 77.2 cm³/mol. The molecule has 0 atom stereocenters. The van der Waals surface area contributed by atoms with Crippen molar-refractivity contribution < 1.29 is 17.9 Å². The van der Waals surface area contributed by atoms with Crippen molar-refractivity contribution in [1.29, 1.82) is 0 Å². The fourth-order valence-electron chi connectivity index (χ4n) is 1.70. The summed E-state index contributed by atoms with van der Waals surface area (Å²) in [5.74, 6) is -0.773. The maximum absolute atomic E-state index is 13.3. The van der Waals surface area contributed by atoms with Gasteiger partial charge in [-0.15, -0.1) is 0 Å². The Balaban J connectivity index is 2.11. The van der Waals surface area contributed by atoms with Crippen LogP contribution < -0.4 is 10.5 Å². The quantitative estimate of drug-likeness (QED) is 0.727. The summed E-state index contributed by atoms with van der Waals surface area (Å²) in [6.45, 7) is -0.00322. The highest BCUT2D eigenvalue weighted by molar-refractivity contribution is 7.89. The molecule has 0 heterocycles. The van der Waals surface area contributed by atoms with Crippen molar-refractivity contribution >= 4 is 15.7 Å². The molecule has 21 heavy (non-hydrogen) atoms. The molecule has 0 radical (unpaired) electrons. The maximum Gasteiger partial charge on any atom is 0.240 e. The van der Waals surface area contributed by atoms with Crippen LogP contribution in [0.4, 0.5) is 10.1 Å². The van der Waals surface area contributed by atoms with Gasteiger partial charge in [-0.3, -0.25) is 0 Å². The van der Waals surface area contributed by atoms with Crippen molar-refractivity contribution in [2.75, 3.05) is 5.73 Å². The molecule has 0 aromatic heterocycles. The van der Waals surface area contributed by atoms with Crippen LogP contribution in [0.25, 0.3) is 0 Å². The van der Waals surface area contributed by atoms with E-state index in [4.69, 9.17) is 10.8 Å². The van der Waals surface area contributed by atoms with Gasteiger partial charge >= 0.3 is 0 Å². The summed E-state index contributed by atoms with van der Waals surface area (Å²) in [6, 6.07) is 10.1. The Bertz CT molecular complexity index is 730. The van der Waals surface area contributed by atoms with Gasteiger partial charge in [-0.1, -0.05) is 24.3 Å². The summed E-state index contributed by atoms with van der Waals surface area (Å²) < 4.78 is 39.8. The number of hydrogen-bond acceptors (Lipinski definition) is 4. The molecule has 7 heteroatoms. The summed E-state index contributed by atoms with van der Waals surface area (Å²) in [5.41, 5.74) is 6.68. The zero-order valence-electron chi connectivity index (χ0n) is 11.1. The fraction of sp³-hybridized carbons (Fsp3) is 0.143. The largest absolute Gasteiger partial charge is 0.396 e. The first-order valence-electron chi connectivity index (χ1n) is 6.16. The molecule has 0 amide bonds. The Hall–Kier alpha value is -1.96. The second-order valence-corrected chi connectivity index (χ2v) is 6.25. The average Bonchev–Trinajstić information content (AvgIpc) is 2.48.